The Morgan fingerprint density at radius 3 is 2.96 bits per heavy atom. The molecule has 3 N–H and O–H groups in total. The normalized spacial score (nSPS) is 10.5. The van der Waals surface area contributed by atoms with Crippen LogP contribution in [0.3, 0.4) is 0 Å². The van der Waals surface area contributed by atoms with Gasteiger partial charge in [-0.2, -0.15) is 16.4 Å². The molecule has 24 heavy (non-hydrogen) atoms. The Bertz CT molecular complexity index is 824. The predicted octanol–water partition coefficient (Wildman–Crippen LogP) is 1.73. The molecule has 9 heteroatoms. The number of aryl methyl sites for hydroxylation is 1. The molecule has 124 valence electrons. The van der Waals surface area contributed by atoms with Gasteiger partial charge in [0.05, 0.1) is 30.5 Å². The van der Waals surface area contributed by atoms with Crippen LogP contribution in [0.1, 0.15) is 11.5 Å². The van der Waals surface area contributed by atoms with Crippen LogP contribution >= 0.6 is 11.3 Å². The van der Waals surface area contributed by atoms with E-state index < -0.39 is 0 Å². The van der Waals surface area contributed by atoms with Crippen LogP contribution in [-0.4, -0.2) is 33.5 Å². The Morgan fingerprint density at radius 2 is 2.25 bits per heavy atom. The summed E-state index contributed by atoms with van der Waals surface area (Å²) in [4.78, 5) is 28.0. The number of rotatable bonds is 6. The number of hydrogen-bond acceptors (Lipinski definition) is 6. The number of amides is 2. The van der Waals surface area contributed by atoms with Gasteiger partial charge in [-0.05, 0) is 18.4 Å². The zero-order chi connectivity index (χ0) is 16.9. The number of carbonyl (C=O) groups is 2. The number of anilines is 1. The molecule has 2 amide bonds. The summed E-state index contributed by atoms with van der Waals surface area (Å²) in [7, 11) is 0. The highest BCUT2D eigenvalue weighted by atomic mass is 32.1. The Hall–Kier alpha value is -2.94. The first-order valence-electron chi connectivity index (χ1n) is 7.16. The maximum atomic E-state index is 12.0. The summed E-state index contributed by atoms with van der Waals surface area (Å²) < 4.78 is 5.58. The molecule has 0 aliphatic heterocycles. The molecule has 0 fully saturated rings. The van der Waals surface area contributed by atoms with Crippen molar-refractivity contribution in [3.63, 3.8) is 0 Å². The second-order valence-corrected chi connectivity index (χ2v) is 5.80. The van der Waals surface area contributed by atoms with Gasteiger partial charge in [-0.15, -0.1) is 0 Å². The largest absolute Gasteiger partial charge is 0.441 e. The van der Waals surface area contributed by atoms with Crippen molar-refractivity contribution in [2.45, 2.75) is 13.3 Å². The number of nitrogens with one attached hydrogen (secondary N) is 3. The third-order valence-corrected chi connectivity index (χ3v) is 3.90. The van der Waals surface area contributed by atoms with E-state index in [0.29, 0.717) is 23.0 Å². The molecule has 0 spiro atoms. The van der Waals surface area contributed by atoms with Crippen molar-refractivity contribution in [3.8, 4) is 11.5 Å². The highest BCUT2D eigenvalue weighted by Crippen LogP contribution is 2.23. The standard InChI is InChI=1S/C15H15N5O3S/c1-9-12(20-15(23-9)10-2-3-24-8-10)4-13(21)16-7-14(22)19-11-5-17-18-6-11/h2-3,5-6,8H,4,7H2,1H3,(H,16,21)(H,17,18)(H,19,22). The van der Waals surface area contributed by atoms with Crippen LogP contribution in [0, 0.1) is 6.92 Å². The molecule has 0 aromatic carbocycles. The van der Waals surface area contributed by atoms with Crippen LogP contribution in [0.4, 0.5) is 5.69 Å². The Labute approximate surface area is 141 Å². The zero-order valence-corrected chi connectivity index (χ0v) is 13.6. The Balaban J connectivity index is 1.52. The van der Waals surface area contributed by atoms with Crippen molar-refractivity contribution in [2.75, 3.05) is 11.9 Å². The molecule has 0 aliphatic carbocycles. The molecule has 8 nitrogen and oxygen atoms in total. The number of nitrogens with zero attached hydrogens (tertiary/aromatic N) is 2. The van der Waals surface area contributed by atoms with Crippen molar-refractivity contribution < 1.29 is 14.0 Å². The van der Waals surface area contributed by atoms with Gasteiger partial charge >= 0.3 is 0 Å². The van der Waals surface area contributed by atoms with Crippen LogP contribution in [-0.2, 0) is 16.0 Å². The number of thiophene rings is 1. The van der Waals surface area contributed by atoms with E-state index in [1.165, 1.54) is 6.20 Å². The average Bonchev–Trinajstić information content (AvgIpc) is 3.28. The monoisotopic (exact) mass is 345 g/mol. The SMILES string of the molecule is Cc1oc(-c2ccsc2)nc1CC(=O)NCC(=O)Nc1cn[nH]c1. The summed E-state index contributed by atoms with van der Waals surface area (Å²) in [6.07, 6.45) is 3.08. The summed E-state index contributed by atoms with van der Waals surface area (Å²) in [5.41, 5.74) is 1.99. The predicted molar refractivity (Wildman–Crippen MR) is 88.5 cm³/mol. The van der Waals surface area contributed by atoms with Gasteiger partial charge in [-0.1, -0.05) is 0 Å². The van der Waals surface area contributed by atoms with Crippen molar-refractivity contribution in [2.24, 2.45) is 0 Å². The van der Waals surface area contributed by atoms with Crippen molar-refractivity contribution in [1.82, 2.24) is 20.5 Å². The fourth-order valence-electron chi connectivity index (χ4n) is 2.02. The smallest absolute Gasteiger partial charge is 0.243 e. The molecular weight excluding hydrogens is 330 g/mol. The first-order chi connectivity index (χ1) is 11.6. The van der Waals surface area contributed by atoms with Gasteiger partial charge in [-0.25, -0.2) is 4.98 Å². The van der Waals surface area contributed by atoms with Crippen LogP contribution in [0.2, 0.25) is 0 Å². The van der Waals surface area contributed by atoms with Gasteiger partial charge < -0.3 is 15.1 Å². The van der Waals surface area contributed by atoms with Gasteiger partial charge in [0.2, 0.25) is 17.7 Å². The molecule has 0 unspecified atom stereocenters. The first-order valence-corrected chi connectivity index (χ1v) is 8.10. The Kier molecular flexibility index (Phi) is 4.71. The van der Waals surface area contributed by atoms with Gasteiger partial charge in [-0.3, -0.25) is 14.7 Å². The Morgan fingerprint density at radius 1 is 1.38 bits per heavy atom. The fourth-order valence-corrected chi connectivity index (χ4v) is 2.65. The number of oxazole rings is 1. The molecule has 0 aliphatic rings. The summed E-state index contributed by atoms with van der Waals surface area (Å²) in [5, 5.41) is 15.3. The van der Waals surface area contributed by atoms with Crippen LogP contribution in [0.25, 0.3) is 11.5 Å². The lowest BCUT2D eigenvalue weighted by atomic mass is 10.2. The summed E-state index contributed by atoms with van der Waals surface area (Å²) >= 11 is 1.55. The lowest BCUT2D eigenvalue weighted by Crippen LogP contribution is -2.33. The number of aromatic nitrogens is 3. The second-order valence-electron chi connectivity index (χ2n) is 5.02. The molecule has 0 bridgehead atoms. The third kappa shape index (κ3) is 3.87. The molecule has 0 saturated heterocycles. The molecular formula is C15H15N5O3S. The lowest BCUT2D eigenvalue weighted by Gasteiger charge is -2.04. The van der Waals surface area contributed by atoms with E-state index in [4.69, 9.17) is 4.42 Å². The molecule has 0 saturated carbocycles. The molecule has 3 aromatic rings. The topological polar surface area (TPSA) is 113 Å². The van der Waals surface area contributed by atoms with Crippen LogP contribution < -0.4 is 10.6 Å². The van der Waals surface area contributed by atoms with E-state index >= 15 is 0 Å². The maximum absolute atomic E-state index is 12.0. The van der Waals surface area contributed by atoms with E-state index in [9.17, 15) is 9.59 Å². The number of aromatic amines is 1. The van der Waals surface area contributed by atoms with Gasteiger partial charge in [0, 0.05) is 17.1 Å². The van der Waals surface area contributed by atoms with Crippen molar-refractivity contribution in [1.29, 1.82) is 0 Å². The van der Waals surface area contributed by atoms with Gasteiger partial charge in [0.1, 0.15) is 5.76 Å². The van der Waals surface area contributed by atoms with Crippen molar-refractivity contribution >= 4 is 28.8 Å². The lowest BCUT2D eigenvalue weighted by molar-refractivity contribution is -0.123. The van der Waals surface area contributed by atoms with E-state index in [1.54, 1.807) is 24.5 Å². The van der Waals surface area contributed by atoms with E-state index in [2.05, 4.69) is 25.8 Å². The quantitative estimate of drug-likeness (QED) is 0.630. The van der Waals surface area contributed by atoms with Crippen LogP contribution in [0.5, 0.6) is 0 Å². The minimum absolute atomic E-state index is 0.0540. The highest BCUT2D eigenvalue weighted by Gasteiger charge is 2.15. The fraction of sp³-hybridized carbons (Fsp3) is 0.200. The number of hydrogen-bond donors (Lipinski definition) is 3. The van der Waals surface area contributed by atoms with Crippen molar-refractivity contribution in [3.05, 3.63) is 40.7 Å². The third-order valence-electron chi connectivity index (χ3n) is 3.22. The van der Waals surface area contributed by atoms with Gasteiger partial charge in [0.25, 0.3) is 0 Å². The minimum atomic E-state index is -0.333. The molecule has 0 atom stereocenters. The summed E-state index contributed by atoms with van der Waals surface area (Å²) in [6, 6.07) is 1.90. The van der Waals surface area contributed by atoms with Crippen LogP contribution in [0.15, 0.2) is 33.6 Å². The molecule has 3 rings (SSSR count). The zero-order valence-electron chi connectivity index (χ0n) is 12.8. The summed E-state index contributed by atoms with van der Waals surface area (Å²) in [6.45, 7) is 1.63. The van der Waals surface area contributed by atoms with E-state index in [1.807, 2.05) is 16.8 Å². The second kappa shape index (κ2) is 7.09. The molecule has 3 heterocycles. The van der Waals surface area contributed by atoms with Gasteiger partial charge in [0.15, 0.2) is 0 Å². The molecule has 0 radical (unpaired) electrons. The summed E-state index contributed by atoms with van der Waals surface area (Å²) in [5.74, 6) is 0.453. The van der Waals surface area contributed by atoms with E-state index in [0.717, 1.165) is 5.56 Å². The maximum Gasteiger partial charge on any atom is 0.243 e. The average molecular weight is 345 g/mol. The highest BCUT2D eigenvalue weighted by molar-refractivity contribution is 7.08. The minimum Gasteiger partial charge on any atom is -0.441 e. The number of carbonyl (C=O) groups excluding carboxylic acids is 2. The van der Waals surface area contributed by atoms with E-state index in [-0.39, 0.29) is 24.8 Å². The molecule has 3 aromatic heterocycles. The number of H-pyrrole nitrogens is 1. The first kappa shape index (κ1) is 15.9.